The Labute approximate surface area is 134 Å². The van der Waals surface area contributed by atoms with Gasteiger partial charge in [0.2, 0.25) is 5.75 Å². The van der Waals surface area contributed by atoms with Gasteiger partial charge in [-0.2, -0.15) is 0 Å². The van der Waals surface area contributed by atoms with Crippen LogP contribution in [0.15, 0.2) is 12.1 Å². The quantitative estimate of drug-likeness (QED) is 0.864. The maximum absolute atomic E-state index is 12.3. The van der Waals surface area contributed by atoms with Gasteiger partial charge in [0.25, 0.3) is 5.91 Å². The second kappa shape index (κ2) is 6.27. The van der Waals surface area contributed by atoms with E-state index in [9.17, 15) is 13.2 Å². The number of carbonyl (C=O) groups is 1. The number of benzene rings is 1. The number of hydrogen-bond donors (Lipinski definition) is 1. The summed E-state index contributed by atoms with van der Waals surface area (Å²) in [5.41, 5.74) is 0.395. The van der Waals surface area contributed by atoms with E-state index in [0.29, 0.717) is 49.0 Å². The van der Waals surface area contributed by atoms with E-state index in [2.05, 4.69) is 5.32 Å². The van der Waals surface area contributed by atoms with E-state index in [4.69, 9.17) is 14.2 Å². The molecule has 1 amide bonds. The number of nitrogens with one attached hydrogen (secondary N) is 1. The molecular weight excluding hydrogens is 322 g/mol. The topological polar surface area (TPSA) is 90.9 Å². The van der Waals surface area contributed by atoms with Crippen LogP contribution in [0.3, 0.4) is 0 Å². The molecule has 2 aliphatic rings. The highest BCUT2D eigenvalue weighted by molar-refractivity contribution is 7.91. The number of hydrogen-bond acceptors (Lipinski definition) is 6. The van der Waals surface area contributed by atoms with Gasteiger partial charge in [0, 0.05) is 12.1 Å². The SMILES string of the molecule is COc1cc(C(=O)NC[C@@H]2CCS(=O)(=O)C2)cc2c1OCCO2. The lowest BCUT2D eigenvalue weighted by Crippen LogP contribution is -2.30. The van der Waals surface area contributed by atoms with Gasteiger partial charge in [-0.3, -0.25) is 4.79 Å². The Morgan fingerprint density at radius 2 is 2.13 bits per heavy atom. The molecule has 1 atom stereocenters. The molecule has 0 aliphatic carbocycles. The summed E-state index contributed by atoms with van der Waals surface area (Å²) in [5, 5.41) is 2.78. The van der Waals surface area contributed by atoms with Crippen molar-refractivity contribution in [3.05, 3.63) is 17.7 Å². The van der Waals surface area contributed by atoms with Crippen LogP contribution in [0.1, 0.15) is 16.8 Å². The van der Waals surface area contributed by atoms with Gasteiger partial charge in [-0.25, -0.2) is 8.42 Å². The van der Waals surface area contributed by atoms with Crippen molar-refractivity contribution < 1.29 is 27.4 Å². The summed E-state index contributed by atoms with van der Waals surface area (Å²) in [6, 6.07) is 3.20. The third-order valence-electron chi connectivity index (χ3n) is 3.97. The predicted molar refractivity (Wildman–Crippen MR) is 83.1 cm³/mol. The van der Waals surface area contributed by atoms with Crippen molar-refractivity contribution in [3.63, 3.8) is 0 Å². The summed E-state index contributed by atoms with van der Waals surface area (Å²) in [6.07, 6.45) is 0.590. The first-order valence-electron chi connectivity index (χ1n) is 7.45. The van der Waals surface area contributed by atoms with Crippen molar-refractivity contribution >= 4 is 15.7 Å². The molecule has 1 fully saturated rings. The number of ether oxygens (including phenoxy) is 3. The lowest BCUT2D eigenvalue weighted by atomic mass is 10.1. The van der Waals surface area contributed by atoms with Gasteiger partial charge in [-0.1, -0.05) is 0 Å². The zero-order chi connectivity index (χ0) is 16.4. The molecule has 7 nitrogen and oxygen atoms in total. The van der Waals surface area contributed by atoms with E-state index in [1.807, 2.05) is 0 Å². The Balaban J connectivity index is 1.70. The van der Waals surface area contributed by atoms with Crippen LogP contribution in [0.4, 0.5) is 0 Å². The van der Waals surface area contributed by atoms with Crippen LogP contribution < -0.4 is 19.5 Å². The number of methoxy groups -OCH3 is 1. The summed E-state index contributed by atoms with van der Waals surface area (Å²) in [4.78, 5) is 12.3. The molecule has 0 saturated carbocycles. The Kier molecular flexibility index (Phi) is 4.34. The molecule has 126 valence electrons. The number of fused-ring (bicyclic) bond motifs is 1. The Hall–Kier alpha value is -1.96. The van der Waals surface area contributed by atoms with Crippen molar-refractivity contribution in [1.82, 2.24) is 5.32 Å². The van der Waals surface area contributed by atoms with Gasteiger partial charge < -0.3 is 19.5 Å². The highest BCUT2D eigenvalue weighted by Crippen LogP contribution is 2.40. The maximum Gasteiger partial charge on any atom is 0.251 e. The number of amides is 1. The number of carbonyl (C=O) groups excluding carboxylic acids is 1. The van der Waals surface area contributed by atoms with Crippen molar-refractivity contribution in [3.8, 4) is 17.2 Å². The largest absolute Gasteiger partial charge is 0.493 e. The third kappa shape index (κ3) is 3.52. The highest BCUT2D eigenvalue weighted by atomic mass is 32.2. The van der Waals surface area contributed by atoms with E-state index >= 15 is 0 Å². The summed E-state index contributed by atoms with van der Waals surface area (Å²) in [7, 11) is -1.44. The molecule has 1 aromatic rings. The molecule has 0 bridgehead atoms. The lowest BCUT2D eigenvalue weighted by Gasteiger charge is -2.21. The van der Waals surface area contributed by atoms with Gasteiger partial charge in [-0.15, -0.1) is 0 Å². The van der Waals surface area contributed by atoms with Crippen LogP contribution in [0.5, 0.6) is 17.2 Å². The second-order valence-corrected chi connectivity index (χ2v) is 7.91. The maximum atomic E-state index is 12.3. The van der Waals surface area contributed by atoms with E-state index in [1.165, 1.54) is 7.11 Å². The smallest absolute Gasteiger partial charge is 0.251 e. The minimum atomic E-state index is -2.94. The molecule has 1 N–H and O–H groups in total. The van der Waals surface area contributed by atoms with Crippen molar-refractivity contribution in [2.24, 2.45) is 5.92 Å². The zero-order valence-corrected chi connectivity index (χ0v) is 13.6. The molecule has 2 heterocycles. The van der Waals surface area contributed by atoms with Crippen molar-refractivity contribution in [1.29, 1.82) is 0 Å². The number of rotatable bonds is 4. The predicted octanol–water partition coefficient (Wildman–Crippen LogP) is 0.631. The van der Waals surface area contributed by atoms with E-state index in [-0.39, 0.29) is 23.3 Å². The fourth-order valence-corrected chi connectivity index (χ4v) is 4.64. The molecule has 0 spiro atoms. The van der Waals surface area contributed by atoms with Crippen LogP contribution in [-0.4, -0.2) is 52.7 Å². The normalized spacial score (nSPS) is 21.7. The van der Waals surface area contributed by atoms with Gasteiger partial charge in [0.15, 0.2) is 21.3 Å². The number of sulfone groups is 1. The average molecular weight is 341 g/mol. The van der Waals surface area contributed by atoms with Crippen LogP contribution in [0, 0.1) is 5.92 Å². The summed E-state index contributed by atoms with van der Waals surface area (Å²) in [5.74, 6) is 1.44. The molecule has 8 heteroatoms. The average Bonchev–Trinajstić information content (AvgIpc) is 2.90. The van der Waals surface area contributed by atoms with Crippen LogP contribution in [0.25, 0.3) is 0 Å². The minimum Gasteiger partial charge on any atom is -0.493 e. The monoisotopic (exact) mass is 341 g/mol. The summed E-state index contributed by atoms with van der Waals surface area (Å²) >= 11 is 0. The molecule has 0 aromatic heterocycles. The Bertz CT molecular complexity index is 698. The first kappa shape index (κ1) is 15.9. The Morgan fingerprint density at radius 3 is 2.83 bits per heavy atom. The van der Waals surface area contributed by atoms with Crippen LogP contribution in [-0.2, 0) is 9.84 Å². The molecule has 0 unspecified atom stereocenters. The van der Waals surface area contributed by atoms with Crippen LogP contribution in [0.2, 0.25) is 0 Å². The molecule has 2 aliphatic heterocycles. The fourth-order valence-electron chi connectivity index (χ4n) is 2.78. The molecule has 0 radical (unpaired) electrons. The minimum absolute atomic E-state index is 0.0249. The first-order chi connectivity index (χ1) is 11.0. The summed E-state index contributed by atoms with van der Waals surface area (Å²) < 4.78 is 39.1. The van der Waals surface area contributed by atoms with Gasteiger partial charge in [0.1, 0.15) is 13.2 Å². The summed E-state index contributed by atoms with van der Waals surface area (Å²) in [6.45, 7) is 1.20. The Morgan fingerprint density at radius 1 is 1.35 bits per heavy atom. The lowest BCUT2D eigenvalue weighted by molar-refractivity contribution is 0.0946. The van der Waals surface area contributed by atoms with Crippen LogP contribution >= 0.6 is 0 Å². The standard InChI is InChI=1S/C15H19NO6S/c1-20-12-6-11(7-13-14(12)22-4-3-21-13)15(17)16-8-10-2-5-23(18,19)9-10/h6-7,10H,2-5,8-9H2,1H3,(H,16,17)/t10-/m0/s1. The second-order valence-electron chi connectivity index (χ2n) is 5.68. The van der Waals surface area contributed by atoms with Crippen molar-refractivity contribution in [2.45, 2.75) is 6.42 Å². The zero-order valence-electron chi connectivity index (χ0n) is 12.8. The van der Waals surface area contributed by atoms with Gasteiger partial charge in [0.05, 0.1) is 18.6 Å². The van der Waals surface area contributed by atoms with E-state index in [0.717, 1.165) is 0 Å². The van der Waals surface area contributed by atoms with Gasteiger partial charge in [-0.05, 0) is 24.5 Å². The van der Waals surface area contributed by atoms with E-state index < -0.39 is 9.84 Å². The first-order valence-corrected chi connectivity index (χ1v) is 9.27. The molecule has 1 saturated heterocycles. The molecule has 1 aromatic carbocycles. The molecule has 3 rings (SSSR count). The van der Waals surface area contributed by atoms with Crippen molar-refractivity contribution in [2.75, 3.05) is 38.4 Å². The molecule has 23 heavy (non-hydrogen) atoms. The highest BCUT2D eigenvalue weighted by Gasteiger charge is 2.28. The fraction of sp³-hybridized carbons (Fsp3) is 0.533. The van der Waals surface area contributed by atoms with Gasteiger partial charge >= 0.3 is 0 Å². The van der Waals surface area contributed by atoms with E-state index in [1.54, 1.807) is 12.1 Å². The molecular formula is C15H19NO6S. The third-order valence-corrected chi connectivity index (χ3v) is 5.81.